The van der Waals surface area contributed by atoms with Gasteiger partial charge in [0.1, 0.15) is 17.6 Å². The number of anilines is 1. The summed E-state index contributed by atoms with van der Waals surface area (Å²) in [5, 5.41) is 8.04. The van der Waals surface area contributed by atoms with Crippen molar-refractivity contribution in [2.24, 2.45) is 0 Å². The quantitative estimate of drug-likeness (QED) is 0.459. The lowest BCUT2D eigenvalue weighted by Crippen LogP contribution is -2.26. The number of hydrogen-bond donors (Lipinski definition) is 4. The molecule has 3 amide bonds. The van der Waals surface area contributed by atoms with E-state index in [0.717, 1.165) is 5.56 Å². The summed E-state index contributed by atoms with van der Waals surface area (Å²) in [5.74, 6) is 1.81. The summed E-state index contributed by atoms with van der Waals surface area (Å²) in [4.78, 5) is 47.3. The molecule has 3 aromatic rings. The monoisotopic (exact) mass is 404 g/mol. The fourth-order valence-corrected chi connectivity index (χ4v) is 3.02. The van der Waals surface area contributed by atoms with Crippen LogP contribution in [0.1, 0.15) is 26.4 Å². The van der Waals surface area contributed by atoms with Crippen molar-refractivity contribution in [3.05, 3.63) is 47.5 Å². The second-order valence-electron chi connectivity index (χ2n) is 6.39. The van der Waals surface area contributed by atoms with E-state index in [9.17, 15) is 14.4 Å². The second kappa shape index (κ2) is 7.92. The van der Waals surface area contributed by atoms with Crippen LogP contribution in [0.15, 0.2) is 30.7 Å². The maximum atomic E-state index is 12.7. The third kappa shape index (κ3) is 3.64. The van der Waals surface area contributed by atoms with E-state index < -0.39 is 11.8 Å². The molecule has 1 aliphatic rings. The molecule has 0 spiro atoms. The molecule has 3 heterocycles. The Bertz CT molecular complexity index is 1210. The van der Waals surface area contributed by atoms with Crippen LogP contribution in [0.4, 0.5) is 5.69 Å². The number of carbonyl (C=O) groups excluding carboxylic acids is 3. The van der Waals surface area contributed by atoms with Crippen molar-refractivity contribution in [3.63, 3.8) is 0 Å². The minimum absolute atomic E-state index is 0.0221. The number of amides is 3. The molecule has 0 saturated carbocycles. The van der Waals surface area contributed by atoms with Crippen molar-refractivity contribution in [1.29, 1.82) is 0 Å². The standard InChI is InChI=1S/C20H16N6O4/c1-2-5-21-19(28)12-8-22-17-16(12)24-10-25-18(17)20(29)23-7-11-3-4-14-13(6-11)26-15(27)9-30-14/h1,3-4,6,8,10,22H,5,7,9H2,(H,21,28)(H,23,29)(H,26,27). The van der Waals surface area contributed by atoms with E-state index in [1.54, 1.807) is 18.2 Å². The first-order chi connectivity index (χ1) is 14.6. The van der Waals surface area contributed by atoms with E-state index in [0.29, 0.717) is 22.5 Å². The number of hydrogen-bond acceptors (Lipinski definition) is 6. The van der Waals surface area contributed by atoms with Crippen molar-refractivity contribution in [3.8, 4) is 18.1 Å². The predicted molar refractivity (Wildman–Crippen MR) is 107 cm³/mol. The molecular formula is C20H16N6O4. The number of carbonyl (C=O) groups is 3. The van der Waals surface area contributed by atoms with E-state index in [1.165, 1.54) is 12.5 Å². The average Bonchev–Trinajstić information content (AvgIpc) is 3.19. The van der Waals surface area contributed by atoms with E-state index >= 15 is 0 Å². The fraction of sp³-hybridized carbons (Fsp3) is 0.150. The van der Waals surface area contributed by atoms with Gasteiger partial charge in [0.25, 0.3) is 17.7 Å². The third-order valence-electron chi connectivity index (χ3n) is 4.40. The highest BCUT2D eigenvalue weighted by Crippen LogP contribution is 2.28. The topological polar surface area (TPSA) is 138 Å². The average molecular weight is 404 g/mol. The molecule has 4 rings (SSSR count). The van der Waals surface area contributed by atoms with Crippen LogP contribution in [0.3, 0.4) is 0 Å². The lowest BCUT2D eigenvalue weighted by atomic mass is 10.1. The van der Waals surface area contributed by atoms with Gasteiger partial charge in [-0.15, -0.1) is 6.42 Å². The Balaban J connectivity index is 1.51. The fourth-order valence-electron chi connectivity index (χ4n) is 3.02. The van der Waals surface area contributed by atoms with E-state index in [1.807, 2.05) is 0 Å². The zero-order valence-corrected chi connectivity index (χ0v) is 15.6. The molecule has 2 aromatic heterocycles. The highest BCUT2D eigenvalue weighted by atomic mass is 16.5. The Labute approximate surface area is 170 Å². The van der Waals surface area contributed by atoms with Gasteiger partial charge in [-0.1, -0.05) is 12.0 Å². The second-order valence-corrected chi connectivity index (χ2v) is 6.39. The normalized spacial score (nSPS) is 12.3. The molecule has 0 aliphatic carbocycles. The number of aromatic amines is 1. The third-order valence-corrected chi connectivity index (χ3v) is 4.40. The zero-order chi connectivity index (χ0) is 21.1. The van der Waals surface area contributed by atoms with E-state index in [-0.39, 0.29) is 36.9 Å². The molecule has 1 aliphatic heterocycles. The van der Waals surface area contributed by atoms with Crippen molar-refractivity contribution in [2.75, 3.05) is 18.5 Å². The number of H-pyrrole nitrogens is 1. The first-order valence-electron chi connectivity index (χ1n) is 8.94. The van der Waals surface area contributed by atoms with Crippen LogP contribution in [0.2, 0.25) is 0 Å². The van der Waals surface area contributed by atoms with Gasteiger partial charge in [-0.3, -0.25) is 14.4 Å². The van der Waals surface area contributed by atoms with Gasteiger partial charge in [0.15, 0.2) is 12.3 Å². The number of terminal acetylenes is 1. The van der Waals surface area contributed by atoms with Gasteiger partial charge in [0, 0.05) is 12.7 Å². The van der Waals surface area contributed by atoms with Crippen molar-refractivity contribution >= 4 is 34.4 Å². The summed E-state index contributed by atoms with van der Waals surface area (Å²) in [6, 6.07) is 5.24. The summed E-state index contributed by atoms with van der Waals surface area (Å²) in [6.07, 6.45) is 7.82. The van der Waals surface area contributed by atoms with Crippen molar-refractivity contribution < 1.29 is 19.1 Å². The molecule has 0 unspecified atom stereocenters. The predicted octanol–water partition coefficient (Wildman–Crippen LogP) is 0.582. The van der Waals surface area contributed by atoms with Crippen molar-refractivity contribution in [1.82, 2.24) is 25.6 Å². The number of benzene rings is 1. The van der Waals surface area contributed by atoms with Crippen molar-refractivity contribution in [2.45, 2.75) is 6.54 Å². The summed E-state index contributed by atoms with van der Waals surface area (Å²) >= 11 is 0. The number of aromatic nitrogens is 3. The molecule has 10 heteroatoms. The molecule has 0 saturated heterocycles. The highest BCUT2D eigenvalue weighted by Gasteiger charge is 2.20. The summed E-state index contributed by atoms with van der Waals surface area (Å²) < 4.78 is 5.32. The molecular weight excluding hydrogens is 388 g/mol. The molecule has 150 valence electrons. The molecule has 0 atom stereocenters. The summed E-state index contributed by atoms with van der Waals surface area (Å²) in [6.45, 7) is 0.256. The lowest BCUT2D eigenvalue weighted by Gasteiger charge is -2.18. The molecule has 0 radical (unpaired) electrons. The maximum Gasteiger partial charge on any atom is 0.272 e. The Hall–Kier alpha value is -4.39. The van der Waals surface area contributed by atoms with E-state index in [2.05, 4.69) is 36.8 Å². The minimum Gasteiger partial charge on any atom is -0.482 e. The molecule has 1 aromatic carbocycles. The van der Waals surface area contributed by atoms with Gasteiger partial charge in [0.2, 0.25) is 0 Å². The van der Waals surface area contributed by atoms with Gasteiger partial charge in [-0.05, 0) is 17.7 Å². The Morgan fingerprint density at radius 3 is 2.93 bits per heavy atom. The zero-order valence-electron chi connectivity index (χ0n) is 15.6. The first-order valence-corrected chi connectivity index (χ1v) is 8.94. The van der Waals surface area contributed by atoms with Gasteiger partial charge in [0.05, 0.1) is 23.3 Å². The van der Waals surface area contributed by atoms with Crippen LogP contribution in [0.25, 0.3) is 11.0 Å². The Morgan fingerprint density at radius 1 is 1.23 bits per heavy atom. The van der Waals surface area contributed by atoms with Crippen LogP contribution in [-0.2, 0) is 11.3 Å². The largest absolute Gasteiger partial charge is 0.482 e. The number of nitrogens with zero attached hydrogens (tertiary/aromatic N) is 2. The molecule has 4 N–H and O–H groups in total. The number of fused-ring (bicyclic) bond motifs is 2. The van der Waals surface area contributed by atoms with Crippen LogP contribution in [0, 0.1) is 12.3 Å². The van der Waals surface area contributed by atoms with Crippen LogP contribution in [0.5, 0.6) is 5.75 Å². The number of nitrogens with one attached hydrogen (secondary N) is 4. The Kier molecular flexibility index (Phi) is 5.00. The molecule has 0 fully saturated rings. The van der Waals surface area contributed by atoms with Gasteiger partial charge < -0.3 is 25.7 Å². The summed E-state index contributed by atoms with van der Waals surface area (Å²) in [5.41, 5.74) is 2.34. The number of ether oxygens (including phenoxy) is 1. The van der Waals surface area contributed by atoms with Crippen LogP contribution < -0.4 is 20.7 Å². The minimum atomic E-state index is -0.446. The maximum absolute atomic E-state index is 12.7. The van der Waals surface area contributed by atoms with Gasteiger partial charge in [-0.25, -0.2) is 9.97 Å². The number of rotatable bonds is 5. The molecule has 0 bridgehead atoms. The van der Waals surface area contributed by atoms with Crippen LogP contribution in [-0.4, -0.2) is 45.8 Å². The highest BCUT2D eigenvalue weighted by molar-refractivity contribution is 6.10. The van der Waals surface area contributed by atoms with Gasteiger partial charge in [-0.2, -0.15) is 0 Å². The van der Waals surface area contributed by atoms with Gasteiger partial charge >= 0.3 is 0 Å². The van der Waals surface area contributed by atoms with Crippen LogP contribution >= 0.6 is 0 Å². The first kappa shape index (κ1) is 18.9. The van der Waals surface area contributed by atoms with E-state index in [4.69, 9.17) is 11.2 Å². The smallest absolute Gasteiger partial charge is 0.272 e. The Morgan fingerprint density at radius 2 is 2.10 bits per heavy atom. The summed E-state index contributed by atoms with van der Waals surface area (Å²) in [7, 11) is 0. The molecule has 30 heavy (non-hydrogen) atoms. The lowest BCUT2D eigenvalue weighted by molar-refractivity contribution is -0.118. The molecule has 10 nitrogen and oxygen atoms in total. The SMILES string of the molecule is C#CCNC(=O)c1c[nH]c2c(C(=O)NCc3ccc4c(c3)NC(=O)CO4)ncnc12.